The summed E-state index contributed by atoms with van der Waals surface area (Å²) in [4.78, 5) is 8.96. The van der Waals surface area contributed by atoms with Crippen LogP contribution in [0.4, 0.5) is 0 Å². The van der Waals surface area contributed by atoms with Gasteiger partial charge in [-0.15, -0.1) is 0 Å². The topological polar surface area (TPSA) is 24.7 Å². The van der Waals surface area contributed by atoms with Crippen LogP contribution in [0, 0.1) is 11.8 Å². The first-order valence-corrected chi connectivity index (χ1v) is 6.95. The monoisotopic (exact) mass is 220 g/mol. The standard InChI is InChI=1S/C14H24N2/c1-2-6-13(5-1)11-15-9-10-16-12-14-7-3-4-8-14/h11-14H,1-10H2. The Balaban J connectivity index is 1.53. The molecule has 0 amide bonds. The fraction of sp³-hybridized carbons (Fsp3) is 0.857. The van der Waals surface area contributed by atoms with Gasteiger partial charge in [0.15, 0.2) is 0 Å². The maximum Gasteiger partial charge on any atom is 0.0581 e. The molecule has 2 saturated carbocycles. The van der Waals surface area contributed by atoms with Crippen molar-refractivity contribution in [1.29, 1.82) is 0 Å². The summed E-state index contributed by atoms with van der Waals surface area (Å²) in [7, 11) is 0. The minimum absolute atomic E-state index is 0.777. The van der Waals surface area contributed by atoms with Gasteiger partial charge in [0, 0.05) is 12.4 Å². The van der Waals surface area contributed by atoms with Gasteiger partial charge in [-0.2, -0.15) is 0 Å². The van der Waals surface area contributed by atoms with Crippen LogP contribution in [0.15, 0.2) is 9.98 Å². The van der Waals surface area contributed by atoms with Crippen molar-refractivity contribution in [2.24, 2.45) is 21.8 Å². The Morgan fingerprint density at radius 2 is 1.06 bits per heavy atom. The van der Waals surface area contributed by atoms with Gasteiger partial charge in [0.1, 0.15) is 0 Å². The lowest BCUT2D eigenvalue weighted by molar-refractivity contribution is 0.734. The van der Waals surface area contributed by atoms with Crippen molar-refractivity contribution in [2.75, 3.05) is 13.1 Å². The molecule has 0 aromatic rings. The zero-order valence-corrected chi connectivity index (χ0v) is 10.3. The molecule has 0 unspecified atom stereocenters. The first-order chi connectivity index (χ1) is 7.95. The smallest absolute Gasteiger partial charge is 0.0581 e. The van der Waals surface area contributed by atoms with Crippen molar-refractivity contribution in [2.45, 2.75) is 51.4 Å². The molecule has 90 valence electrons. The van der Waals surface area contributed by atoms with E-state index in [0.29, 0.717) is 0 Å². The lowest BCUT2D eigenvalue weighted by Gasteiger charge is -2.00. The molecule has 0 aliphatic heterocycles. The van der Waals surface area contributed by atoms with Crippen molar-refractivity contribution in [3.63, 3.8) is 0 Å². The molecule has 0 aromatic carbocycles. The summed E-state index contributed by atoms with van der Waals surface area (Å²) >= 11 is 0. The molecule has 0 saturated heterocycles. The van der Waals surface area contributed by atoms with Gasteiger partial charge in [-0.1, -0.05) is 25.7 Å². The zero-order valence-electron chi connectivity index (χ0n) is 10.3. The summed E-state index contributed by atoms with van der Waals surface area (Å²) in [6, 6.07) is 0. The van der Waals surface area contributed by atoms with E-state index in [-0.39, 0.29) is 0 Å². The molecular formula is C14H24N2. The second-order valence-electron chi connectivity index (χ2n) is 5.20. The lowest BCUT2D eigenvalue weighted by Crippen LogP contribution is -1.98. The molecule has 0 aromatic heterocycles. The molecule has 2 rings (SSSR count). The molecule has 0 bridgehead atoms. The van der Waals surface area contributed by atoms with Gasteiger partial charge >= 0.3 is 0 Å². The molecule has 2 nitrogen and oxygen atoms in total. The van der Waals surface area contributed by atoms with Crippen molar-refractivity contribution >= 4 is 12.4 Å². The highest BCUT2D eigenvalue weighted by molar-refractivity contribution is 5.62. The molecule has 2 aliphatic carbocycles. The average Bonchev–Trinajstić information content (AvgIpc) is 2.96. The van der Waals surface area contributed by atoms with Crippen LogP contribution in [-0.2, 0) is 0 Å². The zero-order chi connectivity index (χ0) is 11.1. The van der Waals surface area contributed by atoms with E-state index in [9.17, 15) is 0 Å². The Kier molecular flexibility index (Phi) is 5.04. The van der Waals surface area contributed by atoms with Gasteiger partial charge in [-0.05, 0) is 37.5 Å². The fourth-order valence-electron chi connectivity index (χ4n) is 2.78. The van der Waals surface area contributed by atoms with Crippen molar-refractivity contribution in [1.82, 2.24) is 0 Å². The van der Waals surface area contributed by atoms with Gasteiger partial charge < -0.3 is 0 Å². The van der Waals surface area contributed by atoms with Crippen LogP contribution in [0.5, 0.6) is 0 Å². The van der Waals surface area contributed by atoms with Crippen LogP contribution in [0.1, 0.15) is 51.4 Å². The average molecular weight is 220 g/mol. The third-order valence-corrected chi connectivity index (χ3v) is 3.79. The van der Waals surface area contributed by atoms with Crippen LogP contribution in [0.25, 0.3) is 0 Å². The summed E-state index contributed by atoms with van der Waals surface area (Å²) in [6.07, 6.45) is 15.4. The molecule has 16 heavy (non-hydrogen) atoms. The van der Waals surface area contributed by atoms with E-state index < -0.39 is 0 Å². The van der Waals surface area contributed by atoms with E-state index in [0.717, 1.165) is 24.9 Å². The highest BCUT2D eigenvalue weighted by Crippen LogP contribution is 2.23. The van der Waals surface area contributed by atoms with Gasteiger partial charge in [0.2, 0.25) is 0 Å². The molecule has 0 atom stereocenters. The number of aliphatic imine (C=N–C) groups is 2. The number of nitrogens with zero attached hydrogens (tertiary/aromatic N) is 2. The Morgan fingerprint density at radius 1 is 0.688 bits per heavy atom. The van der Waals surface area contributed by atoms with Gasteiger partial charge in [0.25, 0.3) is 0 Å². The molecule has 2 heteroatoms. The van der Waals surface area contributed by atoms with Crippen molar-refractivity contribution in [3.8, 4) is 0 Å². The molecule has 2 aliphatic rings. The highest BCUT2D eigenvalue weighted by atomic mass is 14.8. The number of hydrogen-bond acceptors (Lipinski definition) is 2. The van der Waals surface area contributed by atoms with E-state index in [4.69, 9.17) is 0 Å². The fourth-order valence-corrected chi connectivity index (χ4v) is 2.78. The molecule has 2 fully saturated rings. The maximum atomic E-state index is 4.48. The molecule has 0 N–H and O–H groups in total. The lowest BCUT2D eigenvalue weighted by atomic mass is 10.1. The minimum Gasteiger partial charge on any atom is -0.295 e. The molecular weight excluding hydrogens is 196 g/mol. The van der Waals surface area contributed by atoms with Crippen molar-refractivity contribution < 1.29 is 0 Å². The van der Waals surface area contributed by atoms with E-state index >= 15 is 0 Å². The quantitative estimate of drug-likeness (QED) is 0.500. The van der Waals surface area contributed by atoms with E-state index in [1.807, 2.05) is 0 Å². The summed E-state index contributed by atoms with van der Waals surface area (Å²) < 4.78 is 0. The predicted molar refractivity (Wildman–Crippen MR) is 70.6 cm³/mol. The summed E-state index contributed by atoms with van der Waals surface area (Å²) in [5.74, 6) is 1.55. The number of hydrogen-bond donors (Lipinski definition) is 0. The largest absolute Gasteiger partial charge is 0.295 e. The molecule has 0 heterocycles. The summed E-state index contributed by atoms with van der Waals surface area (Å²) in [6.45, 7) is 1.78. The minimum atomic E-state index is 0.777. The maximum absolute atomic E-state index is 4.48. The normalized spacial score (nSPS) is 24.2. The second kappa shape index (κ2) is 6.82. The third kappa shape index (κ3) is 4.07. The van der Waals surface area contributed by atoms with E-state index in [1.54, 1.807) is 0 Å². The first kappa shape index (κ1) is 11.8. The Bertz CT molecular complexity index is 207. The van der Waals surface area contributed by atoms with Crippen LogP contribution >= 0.6 is 0 Å². The predicted octanol–water partition coefficient (Wildman–Crippen LogP) is 3.51. The van der Waals surface area contributed by atoms with Crippen molar-refractivity contribution in [3.05, 3.63) is 0 Å². The van der Waals surface area contributed by atoms with Gasteiger partial charge in [-0.3, -0.25) is 9.98 Å². The van der Waals surface area contributed by atoms with Gasteiger partial charge in [-0.25, -0.2) is 0 Å². The van der Waals surface area contributed by atoms with Crippen LogP contribution in [0.3, 0.4) is 0 Å². The van der Waals surface area contributed by atoms with Gasteiger partial charge in [0.05, 0.1) is 13.1 Å². The summed E-state index contributed by atoms with van der Waals surface area (Å²) in [5, 5.41) is 0. The van der Waals surface area contributed by atoms with E-state index in [2.05, 4.69) is 22.4 Å². The molecule has 0 spiro atoms. The third-order valence-electron chi connectivity index (χ3n) is 3.79. The second-order valence-corrected chi connectivity index (χ2v) is 5.20. The van der Waals surface area contributed by atoms with Crippen LogP contribution < -0.4 is 0 Å². The summed E-state index contributed by atoms with van der Waals surface area (Å²) in [5.41, 5.74) is 0. The van der Waals surface area contributed by atoms with Crippen LogP contribution in [0.2, 0.25) is 0 Å². The highest BCUT2D eigenvalue weighted by Gasteiger charge is 2.12. The number of rotatable bonds is 5. The van der Waals surface area contributed by atoms with E-state index in [1.165, 1.54) is 51.4 Å². The van der Waals surface area contributed by atoms with Crippen LogP contribution in [-0.4, -0.2) is 25.5 Å². The SMILES string of the molecule is C(=NCCN=CC1CCCC1)C1CCCC1. The Morgan fingerprint density at radius 3 is 1.44 bits per heavy atom. The first-order valence-electron chi connectivity index (χ1n) is 6.95. The molecule has 0 radical (unpaired) electrons. The Hall–Kier alpha value is -0.660. The Labute approximate surface area is 99.3 Å².